The number of carbonyl (C=O) groups excluding carboxylic acids is 1. The molecule has 0 atom stereocenters. The van der Waals surface area contributed by atoms with E-state index in [4.69, 9.17) is 16.6 Å². The summed E-state index contributed by atoms with van der Waals surface area (Å²) >= 11 is 7.31. The van der Waals surface area contributed by atoms with Crippen LogP contribution >= 0.6 is 23.4 Å². The first-order valence-electron chi connectivity index (χ1n) is 11.0. The van der Waals surface area contributed by atoms with E-state index in [1.54, 1.807) is 22.8 Å². The number of amides is 1. The largest absolute Gasteiger partial charge is 0.325 e. The molecule has 1 N–H and O–H groups in total. The molecular weight excluding hydrogens is 470 g/mol. The number of halogens is 1. The fourth-order valence-electron chi connectivity index (χ4n) is 3.78. The fourth-order valence-corrected chi connectivity index (χ4v) is 4.78. The molecule has 2 aromatic carbocycles. The zero-order valence-corrected chi connectivity index (χ0v) is 20.9. The number of nitrogens with zero attached hydrogens (tertiary/aromatic N) is 4. The van der Waals surface area contributed by atoms with Gasteiger partial charge in [0.2, 0.25) is 5.91 Å². The molecule has 0 saturated heterocycles. The number of thioether (sulfide) groups is 1. The van der Waals surface area contributed by atoms with Crippen LogP contribution in [0.15, 0.2) is 58.5 Å². The number of carbonyl (C=O) groups is 1. The highest BCUT2D eigenvalue weighted by Crippen LogP contribution is 2.22. The van der Waals surface area contributed by atoms with Crippen LogP contribution in [0.2, 0.25) is 5.02 Å². The Morgan fingerprint density at radius 1 is 1.09 bits per heavy atom. The number of hydrogen-bond donors (Lipinski definition) is 1. The highest BCUT2D eigenvalue weighted by molar-refractivity contribution is 7.99. The van der Waals surface area contributed by atoms with Gasteiger partial charge in [-0.1, -0.05) is 41.6 Å². The van der Waals surface area contributed by atoms with Crippen LogP contribution in [0.4, 0.5) is 5.69 Å². The number of fused-ring (bicyclic) bond motifs is 1. The minimum Gasteiger partial charge on any atom is -0.325 e. The number of nitrogens with one attached hydrogen (secondary N) is 1. The van der Waals surface area contributed by atoms with Crippen LogP contribution in [-0.2, 0) is 17.9 Å². The van der Waals surface area contributed by atoms with Crippen LogP contribution in [-0.4, -0.2) is 31.0 Å². The average Bonchev–Trinajstić information content (AvgIpc) is 3.13. The van der Waals surface area contributed by atoms with E-state index < -0.39 is 0 Å². The standard InChI is InChI=1S/C25H26ClN5O2S/c1-16-9-10-19(26)14-22(16)27-23(32)15-34-25-28-21-8-5-4-7-20(21)24(33)30(25)11-6-12-31-18(3)13-17(2)29-31/h4-5,7-10,13-14H,6,11-12,15H2,1-3H3,(H,27,32). The Morgan fingerprint density at radius 2 is 1.88 bits per heavy atom. The maximum absolute atomic E-state index is 13.3. The molecule has 2 aromatic heterocycles. The van der Waals surface area contributed by atoms with E-state index in [2.05, 4.69) is 10.4 Å². The highest BCUT2D eigenvalue weighted by atomic mass is 35.5. The molecule has 9 heteroatoms. The lowest BCUT2D eigenvalue weighted by Crippen LogP contribution is -2.25. The van der Waals surface area contributed by atoms with Crippen LogP contribution in [0.5, 0.6) is 0 Å². The summed E-state index contributed by atoms with van der Waals surface area (Å²) in [5.41, 5.74) is 4.17. The first-order chi connectivity index (χ1) is 16.3. The monoisotopic (exact) mass is 495 g/mol. The van der Waals surface area contributed by atoms with Gasteiger partial charge in [-0.05, 0) is 63.1 Å². The number of rotatable bonds is 8. The lowest BCUT2D eigenvalue weighted by atomic mass is 10.2. The summed E-state index contributed by atoms with van der Waals surface area (Å²) in [6.07, 6.45) is 0.712. The Kier molecular flexibility index (Phi) is 7.38. The maximum atomic E-state index is 13.3. The summed E-state index contributed by atoms with van der Waals surface area (Å²) in [5.74, 6) is -0.0688. The van der Waals surface area contributed by atoms with Gasteiger partial charge >= 0.3 is 0 Å². The van der Waals surface area contributed by atoms with Crippen molar-refractivity contribution in [2.45, 2.75) is 45.4 Å². The number of benzene rings is 2. The van der Waals surface area contributed by atoms with E-state index in [1.807, 2.05) is 55.8 Å². The van der Waals surface area contributed by atoms with Crippen molar-refractivity contribution in [1.29, 1.82) is 0 Å². The van der Waals surface area contributed by atoms with Crippen molar-refractivity contribution >= 4 is 45.9 Å². The minimum atomic E-state index is -0.188. The maximum Gasteiger partial charge on any atom is 0.262 e. The first kappa shape index (κ1) is 24.0. The SMILES string of the molecule is Cc1cc(C)n(CCCn2c(SCC(=O)Nc3cc(Cl)ccc3C)nc3ccccc3c2=O)n1. The Bertz CT molecular complexity index is 1410. The Labute approximate surface area is 207 Å². The van der Waals surface area contributed by atoms with Crippen LogP contribution in [0.25, 0.3) is 10.9 Å². The molecule has 4 aromatic rings. The van der Waals surface area contributed by atoms with Crippen LogP contribution in [0.1, 0.15) is 23.4 Å². The topological polar surface area (TPSA) is 81.8 Å². The zero-order valence-electron chi connectivity index (χ0n) is 19.3. The van der Waals surface area contributed by atoms with E-state index in [9.17, 15) is 9.59 Å². The van der Waals surface area contributed by atoms with Gasteiger partial charge < -0.3 is 5.32 Å². The molecular formula is C25H26ClN5O2S. The van der Waals surface area contributed by atoms with E-state index in [0.717, 1.165) is 17.0 Å². The third-order valence-corrected chi connectivity index (χ3v) is 6.70. The molecule has 0 unspecified atom stereocenters. The first-order valence-corrected chi connectivity index (χ1v) is 12.4. The molecule has 0 bridgehead atoms. The molecule has 34 heavy (non-hydrogen) atoms. The van der Waals surface area contributed by atoms with Crippen LogP contribution in [0, 0.1) is 20.8 Å². The van der Waals surface area contributed by atoms with Gasteiger partial charge in [0.15, 0.2) is 5.16 Å². The van der Waals surface area contributed by atoms with Gasteiger partial charge in [0.1, 0.15) is 0 Å². The second-order valence-electron chi connectivity index (χ2n) is 8.17. The number of para-hydroxylation sites is 1. The van der Waals surface area contributed by atoms with Gasteiger partial charge in [0, 0.05) is 29.5 Å². The van der Waals surface area contributed by atoms with Crippen molar-refractivity contribution in [2.75, 3.05) is 11.1 Å². The lowest BCUT2D eigenvalue weighted by molar-refractivity contribution is -0.113. The summed E-state index contributed by atoms with van der Waals surface area (Å²) in [6.45, 7) is 7.06. The van der Waals surface area contributed by atoms with Crippen LogP contribution in [0.3, 0.4) is 0 Å². The van der Waals surface area contributed by atoms with Crippen molar-refractivity contribution < 1.29 is 4.79 Å². The van der Waals surface area contributed by atoms with Crippen molar-refractivity contribution in [1.82, 2.24) is 19.3 Å². The second-order valence-corrected chi connectivity index (χ2v) is 9.55. The molecule has 0 fully saturated rings. The molecule has 7 nitrogen and oxygen atoms in total. The minimum absolute atomic E-state index is 0.104. The summed E-state index contributed by atoms with van der Waals surface area (Å²) in [7, 11) is 0. The number of anilines is 1. The van der Waals surface area contributed by atoms with E-state index >= 15 is 0 Å². The molecule has 0 aliphatic carbocycles. The molecule has 2 heterocycles. The summed E-state index contributed by atoms with van der Waals surface area (Å²) in [5, 5.41) is 9.04. The molecule has 1 amide bonds. The third kappa shape index (κ3) is 5.51. The van der Waals surface area contributed by atoms with Crippen molar-refractivity contribution in [3.05, 3.63) is 80.9 Å². The number of hydrogen-bond acceptors (Lipinski definition) is 5. The Hall–Kier alpha value is -3.10. The lowest BCUT2D eigenvalue weighted by Gasteiger charge is -2.14. The van der Waals surface area contributed by atoms with Gasteiger partial charge in [0.25, 0.3) is 5.56 Å². The molecule has 4 rings (SSSR count). The quantitative estimate of drug-likeness (QED) is 0.275. The summed E-state index contributed by atoms with van der Waals surface area (Å²) < 4.78 is 3.61. The third-order valence-electron chi connectivity index (χ3n) is 5.49. The van der Waals surface area contributed by atoms with E-state index in [0.29, 0.717) is 46.3 Å². The average molecular weight is 496 g/mol. The van der Waals surface area contributed by atoms with Crippen molar-refractivity contribution in [3.63, 3.8) is 0 Å². The van der Waals surface area contributed by atoms with Gasteiger partial charge in [0.05, 0.1) is 22.3 Å². The predicted octanol–water partition coefficient (Wildman–Crippen LogP) is 4.99. The number of aryl methyl sites for hydroxylation is 4. The van der Waals surface area contributed by atoms with Crippen molar-refractivity contribution in [2.24, 2.45) is 0 Å². The second kappa shape index (κ2) is 10.4. The molecule has 0 saturated carbocycles. The molecule has 0 aliphatic rings. The Morgan fingerprint density at radius 3 is 2.65 bits per heavy atom. The number of aromatic nitrogens is 4. The van der Waals surface area contributed by atoms with Gasteiger partial charge in [-0.3, -0.25) is 18.8 Å². The smallest absolute Gasteiger partial charge is 0.262 e. The van der Waals surface area contributed by atoms with E-state index in [-0.39, 0.29) is 17.2 Å². The van der Waals surface area contributed by atoms with Crippen molar-refractivity contribution in [3.8, 4) is 0 Å². The van der Waals surface area contributed by atoms with Gasteiger partial charge in [-0.2, -0.15) is 5.10 Å². The zero-order chi connectivity index (χ0) is 24.2. The molecule has 0 aliphatic heterocycles. The Balaban J connectivity index is 1.53. The van der Waals surface area contributed by atoms with Gasteiger partial charge in [-0.25, -0.2) is 4.98 Å². The highest BCUT2D eigenvalue weighted by Gasteiger charge is 2.14. The molecule has 0 spiro atoms. The molecule has 176 valence electrons. The van der Waals surface area contributed by atoms with Crippen LogP contribution < -0.4 is 10.9 Å². The van der Waals surface area contributed by atoms with Gasteiger partial charge in [-0.15, -0.1) is 0 Å². The predicted molar refractivity (Wildman–Crippen MR) is 138 cm³/mol. The van der Waals surface area contributed by atoms with E-state index in [1.165, 1.54) is 11.8 Å². The summed E-state index contributed by atoms with van der Waals surface area (Å²) in [4.78, 5) is 30.6. The normalized spacial score (nSPS) is 11.2. The fraction of sp³-hybridized carbons (Fsp3) is 0.280. The summed E-state index contributed by atoms with van der Waals surface area (Å²) in [6, 6.07) is 14.7. The molecule has 0 radical (unpaired) electrons.